The number of hydrogen-bond donors (Lipinski definition) is 2. The summed E-state index contributed by atoms with van der Waals surface area (Å²) in [6.07, 6.45) is 1.35. The summed E-state index contributed by atoms with van der Waals surface area (Å²) in [4.78, 5) is 25.9. The molecule has 23 heavy (non-hydrogen) atoms. The van der Waals surface area contributed by atoms with Crippen molar-refractivity contribution in [3.8, 4) is 0 Å². The van der Waals surface area contributed by atoms with Gasteiger partial charge in [-0.15, -0.1) is 0 Å². The number of aliphatic hydroxyl groups is 1. The molecule has 0 aromatic heterocycles. The van der Waals surface area contributed by atoms with Crippen molar-refractivity contribution >= 4 is 23.8 Å². The second-order valence-corrected chi connectivity index (χ2v) is 8.76. The summed E-state index contributed by atoms with van der Waals surface area (Å²) in [5.74, 6) is 0.482. The largest absolute Gasteiger partial charge is 0.481 e. The first-order chi connectivity index (χ1) is 10.6. The van der Waals surface area contributed by atoms with Crippen molar-refractivity contribution in [3.05, 3.63) is 0 Å². The number of amides is 1. The second-order valence-electron chi connectivity index (χ2n) is 7.54. The van der Waals surface area contributed by atoms with Gasteiger partial charge in [-0.3, -0.25) is 4.79 Å². The number of ether oxygens (including phenoxy) is 1. The van der Waals surface area contributed by atoms with Crippen molar-refractivity contribution in [3.63, 3.8) is 0 Å². The average molecular weight is 345 g/mol. The molecule has 1 unspecified atom stereocenters. The first-order valence-electron chi connectivity index (χ1n) is 8.11. The minimum atomic E-state index is -1.30. The molecule has 7 heteroatoms. The number of thioether (sulfide) groups is 1. The topological polar surface area (TPSA) is 87.1 Å². The molecule has 0 spiro atoms. The fourth-order valence-corrected chi connectivity index (χ4v) is 4.65. The van der Waals surface area contributed by atoms with Crippen LogP contribution in [0.5, 0.6) is 0 Å². The van der Waals surface area contributed by atoms with Gasteiger partial charge >= 0.3 is 12.1 Å². The highest BCUT2D eigenvalue weighted by Gasteiger charge is 2.58. The van der Waals surface area contributed by atoms with Gasteiger partial charge in [-0.2, -0.15) is 11.8 Å². The highest BCUT2D eigenvalue weighted by atomic mass is 32.2. The molecule has 2 aliphatic rings. The maximum atomic E-state index is 12.3. The molecule has 0 radical (unpaired) electrons. The molecule has 132 valence electrons. The van der Waals surface area contributed by atoms with Gasteiger partial charge in [0, 0.05) is 13.1 Å². The Bertz CT molecular complexity index is 470. The zero-order valence-corrected chi connectivity index (χ0v) is 14.9. The predicted molar refractivity (Wildman–Crippen MR) is 88.6 cm³/mol. The quantitative estimate of drug-likeness (QED) is 0.799. The Morgan fingerprint density at radius 1 is 1.17 bits per heavy atom. The van der Waals surface area contributed by atoms with E-state index in [1.165, 1.54) is 4.90 Å². The molecule has 2 fully saturated rings. The Morgan fingerprint density at radius 3 is 2.30 bits per heavy atom. The number of likely N-dealkylation sites (tertiary alicyclic amines) is 1. The van der Waals surface area contributed by atoms with E-state index in [2.05, 4.69) is 0 Å². The standard InChI is InChI=1S/C16H27NO5S/c1-14(2,3)22-13(20)17-8-4-5-15(11-17,12(18)19)16(21)6-9-23-10-7-16/h21H,4-11H2,1-3H3,(H,18,19). The summed E-state index contributed by atoms with van der Waals surface area (Å²) in [5, 5.41) is 21.0. The van der Waals surface area contributed by atoms with Crippen molar-refractivity contribution in [1.29, 1.82) is 0 Å². The van der Waals surface area contributed by atoms with Gasteiger partial charge in [0.05, 0.1) is 5.60 Å². The Morgan fingerprint density at radius 2 is 1.78 bits per heavy atom. The minimum Gasteiger partial charge on any atom is -0.481 e. The number of piperidine rings is 1. The number of carboxylic acid groups (broad SMARTS) is 1. The van der Waals surface area contributed by atoms with E-state index in [1.807, 2.05) is 0 Å². The van der Waals surface area contributed by atoms with Crippen LogP contribution in [-0.4, -0.2) is 63.0 Å². The van der Waals surface area contributed by atoms with E-state index in [1.54, 1.807) is 32.5 Å². The number of carbonyl (C=O) groups excluding carboxylic acids is 1. The van der Waals surface area contributed by atoms with Gasteiger partial charge in [-0.1, -0.05) is 0 Å². The van der Waals surface area contributed by atoms with Gasteiger partial charge in [-0.25, -0.2) is 4.79 Å². The highest BCUT2D eigenvalue weighted by Crippen LogP contribution is 2.47. The van der Waals surface area contributed by atoms with E-state index in [0.29, 0.717) is 32.2 Å². The van der Waals surface area contributed by atoms with Crippen LogP contribution in [0.25, 0.3) is 0 Å². The lowest BCUT2D eigenvalue weighted by atomic mass is 9.64. The molecular formula is C16H27NO5S. The summed E-state index contributed by atoms with van der Waals surface area (Å²) in [7, 11) is 0. The Hall–Kier alpha value is -0.950. The van der Waals surface area contributed by atoms with E-state index in [0.717, 1.165) is 11.5 Å². The molecule has 2 heterocycles. The number of rotatable bonds is 2. The van der Waals surface area contributed by atoms with Gasteiger partial charge in [0.1, 0.15) is 11.0 Å². The number of carboxylic acids is 1. The van der Waals surface area contributed by atoms with E-state index in [9.17, 15) is 19.8 Å². The maximum Gasteiger partial charge on any atom is 0.410 e. The third-order valence-corrected chi connectivity index (χ3v) is 5.75. The molecule has 0 aromatic rings. The first kappa shape index (κ1) is 18.4. The molecule has 2 N–H and O–H groups in total. The smallest absolute Gasteiger partial charge is 0.410 e. The van der Waals surface area contributed by atoms with Crippen LogP contribution in [0.1, 0.15) is 46.5 Å². The Labute approximate surface area is 141 Å². The zero-order chi connectivity index (χ0) is 17.3. The van der Waals surface area contributed by atoms with Crippen LogP contribution < -0.4 is 0 Å². The zero-order valence-electron chi connectivity index (χ0n) is 14.1. The third-order valence-electron chi connectivity index (χ3n) is 4.76. The van der Waals surface area contributed by atoms with E-state index in [4.69, 9.17) is 4.74 Å². The number of nitrogens with zero attached hydrogens (tertiary/aromatic N) is 1. The molecule has 2 aliphatic heterocycles. The molecule has 0 aliphatic carbocycles. The van der Waals surface area contributed by atoms with Gasteiger partial charge in [0.25, 0.3) is 0 Å². The molecule has 2 saturated heterocycles. The highest BCUT2D eigenvalue weighted by molar-refractivity contribution is 7.99. The van der Waals surface area contributed by atoms with E-state index in [-0.39, 0.29) is 6.54 Å². The summed E-state index contributed by atoms with van der Waals surface area (Å²) < 4.78 is 5.38. The molecule has 0 aromatic carbocycles. The first-order valence-corrected chi connectivity index (χ1v) is 9.27. The van der Waals surface area contributed by atoms with Crippen LogP contribution in [0, 0.1) is 5.41 Å². The predicted octanol–water partition coefficient (Wildman–Crippen LogP) is 2.35. The van der Waals surface area contributed by atoms with E-state index >= 15 is 0 Å². The third kappa shape index (κ3) is 3.76. The summed E-state index contributed by atoms with van der Waals surface area (Å²) in [5.41, 5.74) is -3.19. The maximum absolute atomic E-state index is 12.3. The van der Waals surface area contributed by atoms with Crippen LogP contribution >= 0.6 is 11.8 Å². The second kappa shape index (κ2) is 6.51. The minimum absolute atomic E-state index is 0.0123. The van der Waals surface area contributed by atoms with Crippen LogP contribution in [0.15, 0.2) is 0 Å². The van der Waals surface area contributed by atoms with Crippen molar-refractivity contribution in [2.75, 3.05) is 24.6 Å². The van der Waals surface area contributed by atoms with Gasteiger partial charge in [0.15, 0.2) is 0 Å². The number of hydrogen-bond acceptors (Lipinski definition) is 5. The lowest BCUT2D eigenvalue weighted by molar-refractivity contribution is -0.179. The van der Waals surface area contributed by atoms with Crippen molar-refractivity contribution < 1.29 is 24.5 Å². The summed E-state index contributed by atoms with van der Waals surface area (Å²) in [6.45, 7) is 5.83. The van der Waals surface area contributed by atoms with E-state index < -0.39 is 28.7 Å². The summed E-state index contributed by atoms with van der Waals surface area (Å²) in [6, 6.07) is 0. The average Bonchev–Trinajstić information content (AvgIpc) is 2.46. The number of aliphatic carboxylic acids is 1. The normalized spacial score (nSPS) is 28.3. The van der Waals surface area contributed by atoms with Crippen LogP contribution in [-0.2, 0) is 9.53 Å². The monoisotopic (exact) mass is 345 g/mol. The van der Waals surface area contributed by atoms with Crippen LogP contribution in [0.3, 0.4) is 0 Å². The van der Waals surface area contributed by atoms with Crippen molar-refractivity contribution in [2.24, 2.45) is 5.41 Å². The SMILES string of the molecule is CC(C)(C)OC(=O)N1CCCC(C(=O)O)(C2(O)CCSCC2)C1. The Balaban J connectivity index is 2.23. The lowest BCUT2D eigenvalue weighted by Crippen LogP contribution is -2.63. The lowest BCUT2D eigenvalue weighted by Gasteiger charge is -2.50. The number of carbonyl (C=O) groups is 2. The fourth-order valence-electron chi connectivity index (χ4n) is 3.48. The van der Waals surface area contributed by atoms with Crippen LogP contribution in [0.4, 0.5) is 4.79 Å². The van der Waals surface area contributed by atoms with Gasteiger partial charge < -0.3 is 19.8 Å². The molecule has 0 saturated carbocycles. The summed E-state index contributed by atoms with van der Waals surface area (Å²) >= 11 is 1.73. The Kier molecular flexibility index (Phi) is 5.21. The molecule has 1 atom stereocenters. The fraction of sp³-hybridized carbons (Fsp3) is 0.875. The molecular weight excluding hydrogens is 318 g/mol. The van der Waals surface area contributed by atoms with Gasteiger partial charge in [-0.05, 0) is 58.0 Å². The molecule has 0 bridgehead atoms. The van der Waals surface area contributed by atoms with Crippen molar-refractivity contribution in [2.45, 2.75) is 57.7 Å². The van der Waals surface area contributed by atoms with Crippen LogP contribution in [0.2, 0.25) is 0 Å². The van der Waals surface area contributed by atoms with Crippen molar-refractivity contribution in [1.82, 2.24) is 4.90 Å². The van der Waals surface area contributed by atoms with Gasteiger partial charge in [0.2, 0.25) is 0 Å². The molecule has 2 rings (SSSR count). The molecule has 1 amide bonds. The molecule has 6 nitrogen and oxygen atoms in total.